The van der Waals surface area contributed by atoms with Gasteiger partial charge in [-0.05, 0) is 74.3 Å². The van der Waals surface area contributed by atoms with E-state index in [0.29, 0.717) is 19.4 Å². The van der Waals surface area contributed by atoms with Gasteiger partial charge in [0.1, 0.15) is 29.3 Å². The van der Waals surface area contributed by atoms with E-state index < -0.39 is 47.3 Å². The predicted molar refractivity (Wildman–Crippen MR) is 122 cm³/mol. The lowest BCUT2D eigenvalue weighted by molar-refractivity contribution is -0.164. The van der Waals surface area contributed by atoms with E-state index in [9.17, 15) is 19.2 Å². The first-order valence-electron chi connectivity index (χ1n) is 11.6. The molecule has 0 saturated carbocycles. The Hall–Kier alpha value is -2.36. The molecule has 10 heteroatoms. The fraction of sp³-hybridized carbons (Fsp3) is 0.826. The van der Waals surface area contributed by atoms with Gasteiger partial charge in [0.25, 0.3) is 0 Å². The zero-order valence-electron chi connectivity index (χ0n) is 21.2. The highest BCUT2D eigenvalue weighted by molar-refractivity contribution is 5.93. The summed E-state index contributed by atoms with van der Waals surface area (Å²) in [5.41, 5.74) is -1.35. The molecule has 4 atom stereocenters. The molecule has 0 radical (unpaired) electrons. The van der Waals surface area contributed by atoms with Crippen molar-refractivity contribution in [1.29, 1.82) is 0 Å². The summed E-state index contributed by atoms with van der Waals surface area (Å²) in [6, 6.07) is -2.47. The first-order chi connectivity index (χ1) is 15.1. The molecule has 188 valence electrons. The number of nitrogens with one attached hydrogen (secondary N) is 2. The summed E-state index contributed by atoms with van der Waals surface area (Å²) in [6.07, 6.45) is 1.33. The van der Waals surface area contributed by atoms with E-state index >= 15 is 0 Å². The first-order valence-corrected chi connectivity index (χ1v) is 11.6. The van der Waals surface area contributed by atoms with E-state index in [1.165, 1.54) is 11.9 Å². The van der Waals surface area contributed by atoms with Crippen molar-refractivity contribution in [1.82, 2.24) is 20.4 Å². The summed E-state index contributed by atoms with van der Waals surface area (Å²) in [4.78, 5) is 54.3. The molecule has 2 heterocycles. The zero-order valence-corrected chi connectivity index (χ0v) is 21.2. The number of amides is 3. The van der Waals surface area contributed by atoms with E-state index in [0.717, 1.165) is 6.42 Å². The maximum Gasteiger partial charge on any atom is 0.410 e. The van der Waals surface area contributed by atoms with E-state index in [4.69, 9.17) is 9.47 Å². The van der Waals surface area contributed by atoms with Crippen LogP contribution in [0, 0.1) is 0 Å². The van der Waals surface area contributed by atoms with Crippen molar-refractivity contribution >= 4 is 23.9 Å². The molecule has 0 aromatic heterocycles. The van der Waals surface area contributed by atoms with Gasteiger partial charge in [-0.3, -0.25) is 14.5 Å². The van der Waals surface area contributed by atoms with Gasteiger partial charge in [0, 0.05) is 19.6 Å². The topological polar surface area (TPSA) is 117 Å². The van der Waals surface area contributed by atoms with E-state index in [1.807, 2.05) is 0 Å². The normalized spacial score (nSPS) is 24.8. The minimum Gasteiger partial charge on any atom is -0.458 e. The monoisotopic (exact) mass is 468 g/mol. The van der Waals surface area contributed by atoms with Crippen molar-refractivity contribution < 1.29 is 28.7 Å². The summed E-state index contributed by atoms with van der Waals surface area (Å²) in [7, 11) is 1.48. The van der Waals surface area contributed by atoms with Gasteiger partial charge in [0.05, 0.1) is 0 Å². The Labute approximate surface area is 196 Å². The van der Waals surface area contributed by atoms with Crippen molar-refractivity contribution in [3.63, 3.8) is 0 Å². The van der Waals surface area contributed by atoms with Crippen molar-refractivity contribution in [2.75, 3.05) is 20.1 Å². The molecule has 0 spiro atoms. The number of ether oxygens (including phenoxy) is 2. The van der Waals surface area contributed by atoms with Gasteiger partial charge in [0.2, 0.25) is 11.8 Å². The van der Waals surface area contributed by atoms with Crippen molar-refractivity contribution in [3.8, 4) is 0 Å². The summed E-state index contributed by atoms with van der Waals surface area (Å²) in [5.74, 6) is -1.22. The second-order valence-electron chi connectivity index (χ2n) is 10.8. The van der Waals surface area contributed by atoms with Gasteiger partial charge >= 0.3 is 12.1 Å². The Balaban J connectivity index is 2.12. The highest BCUT2D eigenvalue weighted by Gasteiger charge is 2.45. The quantitative estimate of drug-likeness (QED) is 0.599. The fourth-order valence-electron chi connectivity index (χ4n) is 3.96. The Bertz CT molecular complexity index is 757. The summed E-state index contributed by atoms with van der Waals surface area (Å²) < 4.78 is 10.9. The predicted octanol–water partition coefficient (Wildman–Crippen LogP) is 1.42. The number of hydrogen-bond acceptors (Lipinski definition) is 7. The second-order valence-corrected chi connectivity index (χ2v) is 10.8. The van der Waals surface area contributed by atoms with E-state index in [1.54, 1.807) is 53.4 Å². The number of fused-ring (bicyclic) bond motifs is 1. The zero-order chi connectivity index (χ0) is 25.1. The van der Waals surface area contributed by atoms with Crippen LogP contribution in [0.2, 0.25) is 0 Å². The molecule has 2 aliphatic rings. The number of rotatable bonds is 4. The Kier molecular flexibility index (Phi) is 8.37. The third kappa shape index (κ3) is 7.31. The molecule has 0 aliphatic carbocycles. The Morgan fingerprint density at radius 2 is 1.67 bits per heavy atom. The van der Waals surface area contributed by atoms with Crippen molar-refractivity contribution in [2.24, 2.45) is 0 Å². The van der Waals surface area contributed by atoms with Gasteiger partial charge in [-0.15, -0.1) is 0 Å². The number of likely N-dealkylation sites (N-methyl/N-ethyl adjacent to an activating group) is 1. The summed E-state index contributed by atoms with van der Waals surface area (Å²) >= 11 is 0. The van der Waals surface area contributed by atoms with Crippen LogP contribution in [0.3, 0.4) is 0 Å². The molecule has 0 unspecified atom stereocenters. The molecular weight excluding hydrogens is 428 g/mol. The third-order valence-electron chi connectivity index (χ3n) is 5.70. The van der Waals surface area contributed by atoms with Crippen molar-refractivity contribution in [2.45, 2.75) is 103 Å². The number of carbonyl (C=O) groups excluding carboxylic acids is 4. The minimum atomic E-state index is -0.863. The molecule has 0 aromatic rings. The number of esters is 1. The molecule has 3 amide bonds. The lowest BCUT2D eigenvalue weighted by Crippen LogP contribution is -2.61. The van der Waals surface area contributed by atoms with Crippen LogP contribution in [-0.2, 0) is 23.9 Å². The number of carbonyl (C=O) groups is 4. The van der Waals surface area contributed by atoms with Crippen LogP contribution >= 0.6 is 0 Å². The van der Waals surface area contributed by atoms with Gasteiger partial charge in [-0.2, -0.15) is 0 Å². The van der Waals surface area contributed by atoms with E-state index in [-0.39, 0.29) is 18.5 Å². The molecule has 2 aliphatic heterocycles. The summed E-state index contributed by atoms with van der Waals surface area (Å²) in [6.45, 7) is 13.1. The highest BCUT2D eigenvalue weighted by Crippen LogP contribution is 2.30. The minimum absolute atomic E-state index is 0.0934. The molecule has 2 fully saturated rings. The van der Waals surface area contributed by atoms with Gasteiger partial charge in [-0.1, -0.05) is 0 Å². The third-order valence-corrected chi connectivity index (χ3v) is 5.70. The van der Waals surface area contributed by atoms with Gasteiger partial charge in [0.15, 0.2) is 0 Å². The Morgan fingerprint density at radius 1 is 1.06 bits per heavy atom. The Morgan fingerprint density at radius 3 is 2.24 bits per heavy atom. The molecule has 33 heavy (non-hydrogen) atoms. The number of nitrogens with zero attached hydrogens (tertiary/aromatic N) is 2. The molecule has 0 bridgehead atoms. The lowest BCUT2D eigenvalue weighted by Gasteiger charge is -2.36. The average Bonchev–Trinajstić information content (AvgIpc) is 3.08. The van der Waals surface area contributed by atoms with Crippen LogP contribution < -0.4 is 10.6 Å². The molecule has 2 rings (SSSR count). The van der Waals surface area contributed by atoms with Crippen LogP contribution in [0.15, 0.2) is 0 Å². The maximum absolute atomic E-state index is 13.5. The molecule has 0 aromatic carbocycles. The van der Waals surface area contributed by atoms with Gasteiger partial charge in [-0.25, -0.2) is 9.59 Å². The lowest BCUT2D eigenvalue weighted by atomic mass is 10.1. The first kappa shape index (κ1) is 26.9. The van der Waals surface area contributed by atoms with E-state index in [2.05, 4.69) is 10.6 Å². The number of hydrogen-bond donors (Lipinski definition) is 2. The van der Waals surface area contributed by atoms with Crippen LogP contribution in [0.25, 0.3) is 0 Å². The standard InChI is InChI=1S/C23H40N4O6/c1-14(26(8)21(31)33-23(5,6)7)18(28)25-16-13-24-12-11-15-9-10-17(27(15)19(16)29)20(30)32-22(2,3)4/h14-17,24H,9-13H2,1-8H3,(H,25,28)/t14-,15+,16-,17-/m0/s1. The van der Waals surface area contributed by atoms with Crippen molar-refractivity contribution in [3.05, 3.63) is 0 Å². The molecule has 10 nitrogen and oxygen atoms in total. The second kappa shape index (κ2) is 10.3. The van der Waals surface area contributed by atoms with Crippen LogP contribution in [-0.4, -0.2) is 89.2 Å². The van der Waals surface area contributed by atoms with Gasteiger partial charge < -0.3 is 25.0 Å². The SMILES string of the molecule is C[C@@H](C(=O)N[C@H]1CNCC[C@H]2CC[C@@H](C(=O)OC(C)(C)C)N2C1=O)N(C)C(=O)OC(C)(C)C. The molecular formula is C23H40N4O6. The summed E-state index contributed by atoms with van der Waals surface area (Å²) in [5, 5.41) is 5.97. The molecule has 2 N–H and O–H groups in total. The smallest absolute Gasteiger partial charge is 0.410 e. The highest BCUT2D eigenvalue weighted by atomic mass is 16.6. The fourth-order valence-corrected chi connectivity index (χ4v) is 3.96. The van der Waals surface area contributed by atoms with Crippen LogP contribution in [0.4, 0.5) is 4.79 Å². The van der Waals surface area contributed by atoms with Crippen LogP contribution in [0.1, 0.15) is 67.7 Å². The molecule has 2 saturated heterocycles. The maximum atomic E-state index is 13.5. The average molecular weight is 469 g/mol. The van der Waals surface area contributed by atoms with Crippen LogP contribution in [0.5, 0.6) is 0 Å². The largest absolute Gasteiger partial charge is 0.458 e.